The molecule has 12 heavy (non-hydrogen) atoms. The summed E-state index contributed by atoms with van der Waals surface area (Å²) in [6.45, 7) is 3.38. The second kappa shape index (κ2) is 3.87. The Labute approximate surface area is 76.2 Å². The lowest BCUT2D eigenvalue weighted by atomic mass is 10.1. The van der Waals surface area contributed by atoms with E-state index in [0.29, 0.717) is 0 Å². The Morgan fingerprint density at radius 3 is 3.42 bits per heavy atom. The molecule has 4 heteroatoms. The van der Waals surface area contributed by atoms with E-state index < -0.39 is 0 Å². The topological polar surface area (TPSA) is 37.0 Å². The van der Waals surface area contributed by atoms with Crippen molar-refractivity contribution in [2.24, 2.45) is 5.92 Å². The average Bonchev–Trinajstić information content (AvgIpc) is 2.74. The van der Waals surface area contributed by atoms with Crippen molar-refractivity contribution in [2.45, 2.75) is 6.42 Å². The zero-order valence-corrected chi connectivity index (χ0v) is 7.73. The largest absolute Gasteiger partial charge is 0.361 e. The van der Waals surface area contributed by atoms with Gasteiger partial charge < -0.3 is 10.6 Å². The number of nitrogens with zero attached hydrogens (tertiary/aromatic N) is 1. The summed E-state index contributed by atoms with van der Waals surface area (Å²) in [5.41, 5.74) is 0. The van der Waals surface area contributed by atoms with E-state index in [9.17, 15) is 0 Å². The van der Waals surface area contributed by atoms with Gasteiger partial charge in [0.2, 0.25) is 0 Å². The fourth-order valence-corrected chi connectivity index (χ4v) is 1.97. The van der Waals surface area contributed by atoms with Crippen LogP contribution in [-0.2, 0) is 0 Å². The molecule has 1 aliphatic rings. The highest BCUT2D eigenvalue weighted by molar-refractivity contribution is 7.13. The van der Waals surface area contributed by atoms with E-state index in [-0.39, 0.29) is 0 Å². The van der Waals surface area contributed by atoms with Gasteiger partial charge in [0.25, 0.3) is 0 Å². The van der Waals surface area contributed by atoms with E-state index >= 15 is 0 Å². The zero-order chi connectivity index (χ0) is 8.23. The van der Waals surface area contributed by atoms with Crippen molar-refractivity contribution in [3.63, 3.8) is 0 Å². The number of thiazole rings is 1. The van der Waals surface area contributed by atoms with Crippen molar-refractivity contribution in [1.82, 2.24) is 10.3 Å². The Kier molecular flexibility index (Phi) is 2.58. The molecular weight excluding hydrogens is 170 g/mol. The third-order valence-electron chi connectivity index (χ3n) is 2.14. The number of aromatic nitrogens is 1. The van der Waals surface area contributed by atoms with Gasteiger partial charge in [-0.25, -0.2) is 4.98 Å². The summed E-state index contributed by atoms with van der Waals surface area (Å²) in [6, 6.07) is 0. The predicted molar refractivity (Wildman–Crippen MR) is 51.6 cm³/mol. The standard InChI is InChI=1S/C8H13N3S/c1-2-9-5-7(1)6-11-8-10-3-4-12-8/h3-4,7,9H,1-2,5-6H2,(H,10,11). The third-order valence-corrected chi connectivity index (χ3v) is 2.87. The lowest BCUT2D eigenvalue weighted by molar-refractivity contribution is 0.615. The minimum Gasteiger partial charge on any atom is -0.361 e. The first-order chi connectivity index (χ1) is 5.95. The van der Waals surface area contributed by atoms with Crippen LogP contribution in [0.4, 0.5) is 5.13 Å². The van der Waals surface area contributed by atoms with Crippen LogP contribution in [0.15, 0.2) is 11.6 Å². The second-order valence-electron chi connectivity index (χ2n) is 3.08. The first-order valence-electron chi connectivity index (χ1n) is 4.29. The van der Waals surface area contributed by atoms with Crippen LogP contribution in [0.25, 0.3) is 0 Å². The van der Waals surface area contributed by atoms with Crippen LogP contribution in [0.1, 0.15) is 6.42 Å². The minimum absolute atomic E-state index is 0.786. The molecule has 0 aromatic carbocycles. The molecule has 0 saturated carbocycles. The van der Waals surface area contributed by atoms with Gasteiger partial charge in [0.15, 0.2) is 5.13 Å². The molecule has 2 heterocycles. The van der Waals surface area contributed by atoms with Crippen molar-refractivity contribution < 1.29 is 0 Å². The van der Waals surface area contributed by atoms with E-state index in [1.54, 1.807) is 11.3 Å². The molecular formula is C8H13N3S. The van der Waals surface area contributed by atoms with Gasteiger partial charge in [-0.1, -0.05) is 0 Å². The Balaban J connectivity index is 1.74. The van der Waals surface area contributed by atoms with Gasteiger partial charge in [-0.2, -0.15) is 0 Å². The van der Waals surface area contributed by atoms with Crippen molar-refractivity contribution in [3.05, 3.63) is 11.6 Å². The summed E-state index contributed by atoms with van der Waals surface area (Å²) in [4.78, 5) is 4.16. The summed E-state index contributed by atoms with van der Waals surface area (Å²) in [7, 11) is 0. The molecule has 1 unspecified atom stereocenters. The maximum absolute atomic E-state index is 4.16. The van der Waals surface area contributed by atoms with Gasteiger partial charge in [-0.05, 0) is 25.4 Å². The Bertz CT molecular complexity index is 216. The maximum Gasteiger partial charge on any atom is 0.182 e. The van der Waals surface area contributed by atoms with Crippen molar-refractivity contribution in [1.29, 1.82) is 0 Å². The molecule has 2 rings (SSSR count). The monoisotopic (exact) mass is 183 g/mol. The molecule has 66 valence electrons. The SMILES string of the molecule is c1csc(NCC2CCNC2)n1. The molecule has 1 saturated heterocycles. The first-order valence-corrected chi connectivity index (χ1v) is 5.17. The molecule has 0 spiro atoms. The molecule has 1 aromatic heterocycles. The Morgan fingerprint density at radius 1 is 1.75 bits per heavy atom. The zero-order valence-electron chi connectivity index (χ0n) is 6.92. The number of nitrogens with one attached hydrogen (secondary N) is 2. The van der Waals surface area contributed by atoms with Crippen molar-refractivity contribution in [3.8, 4) is 0 Å². The molecule has 1 atom stereocenters. The van der Waals surface area contributed by atoms with Gasteiger partial charge in [0.05, 0.1) is 0 Å². The summed E-state index contributed by atoms with van der Waals surface area (Å²) in [5, 5.41) is 9.72. The van der Waals surface area contributed by atoms with Gasteiger partial charge in [0, 0.05) is 18.1 Å². The molecule has 0 bridgehead atoms. The fourth-order valence-electron chi connectivity index (χ4n) is 1.43. The van der Waals surface area contributed by atoms with Crippen LogP contribution in [0.2, 0.25) is 0 Å². The quantitative estimate of drug-likeness (QED) is 0.738. The highest BCUT2D eigenvalue weighted by Gasteiger charge is 2.13. The summed E-state index contributed by atoms with van der Waals surface area (Å²) < 4.78 is 0. The van der Waals surface area contributed by atoms with E-state index in [1.165, 1.54) is 13.0 Å². The summed E-state index contributed by atoms with van der Waals surface area (Å²) in [6.07, 6.45) is 3.12. The molecule has 1 fully saturated rings. The van der Waals surface area contributed by atoms with Crippen LogP contribution in [0, 0.1) is 5.92 Å². The van der Waals surface area contributed by atoms with Crippen molar-refractivity contribution in [2.75, 3.05) is 25.0 Å². The lowest BCUT2D eigenvalue weighted by Gasteiger charge is -2.07. The first kappa shape index (κ1) is 8.01. The molecule has 2 N–H and O–H groups in total. The molecule has 1 aromatic rings. The second-order valence-corrected chi connectivity index (χ2v) is 3.97. The van der Waals surface area contributed by atoms with Gasteiger partial charge >= 0.3 is 0 Å². The van der Waals surface area contributed by atoms with Crippen LogP contribution in [-0.4, -0.2) is 24.6 Å². The molecule has 0 radical (unpaired) electrons. The van der Waals surface area contributed by atoms with Crippen molar-refractivity contribution >= 4 is 16.5 Å². The summed E-state index contributed by atoms with van der Waals surface area (Å²) in [5.74, 6) is 0.786. The molecule has 3 nitrogen and oxygen atoms in total. The Morgan fingerprint density at radius 2 is 2.75 bits per heavy atom. The predicted octanol–water partition coefficient (Wildman–Crippen LogP) is 1.16. The highest BCUT2D eigenvalue weighted by Crippen LogP contribution is 2.13. The average molecular weight is 183 g/mol. The molecule has 1 aliphatic heterocycles. The number of hydrogen-bond donors (Lipinski definition) is 2. The van der Waals surface area contributed by atoms with E-state index in [2.05, 4.69) is 15.6 Å². The summed E-state index contributed by atoms with van der Waals surface area (Å²) >= 11 is 1.66. The van der Waals surface area contributed by atoms with E-state index in [4.69, 9.17) is 0 Å². The van der Waals surface area contributed by atoms with Crippen LogP contribution in [0.3, 0.4) is 0 Å². The lowest BCUT2D eigenvalue weighted by Crippen LogP contribution is -2.16. The van der Waals surface area contributed by atoms with Gasteiger partial charge in [-0.3, -0.25) is 0 Å². The Hall–Kier alpha value is -0.610. The highest BCUT2D eigenvalue weighted by atomic mass is 32.1. The van der Waals surface area contributed by atoms with Crippen LogP contribution < -0.4 is 10.6 Å². The fraction of sp³-hybridized carbons (Fsp3) is 0.625. The van der Waals surface area contributed by atoms with E-state index in [1.807, 2.05) is 11.6 Å². The van der Waals surface area contributed by atoms with E-state index in [0.717, 1.165) is 24.1 Å². The van der Waals surface area contributed by atoms with Gasteiger partial charge in [0.1, 0.15) is 0 Å². The smallest absolute Gasteiger partial charge is 0.182 e. The normalized spacial score (nSPS) is 22.8. The number of hydrogen-bond acceptors (Lipinski definition) is 4. The molecule has 0 aliphatic carbocycles. The van der Waals surface area contributed by atoms with Crippen LogP contribution in [0.5, 0.6) is 0 Å². The van der Waals surface area contributed by atoms with Gasteiger partial charge in [-0.15, -0.1) is 11.3 Å². The molecule has 0 amide bonds. The van der Waals surface area contributed by atoms with Crippen LogP contribution >= 0.6 is 11.3 Å². The minimum atomic E-state index is 0.786. The number of rotatable bonds is 3. The third kappa shape index (κ3) is 1.95. The maximum atomic E-state index is 4.16. The number of anilines is 1.